The zero-order chi connectivity index (χ0) is 13.9. The Balaban J connectivity index is 3.02. The van der Waals surface area contributed by atoms with Gasteiger partial charge in [-0.2, -0.15) is 13.2 Å². The predicted molar refractivity (Wildman–Crippen MR) is 53.1 cm³/mol. The molecule has 0 fully saturated rings. The Hall–Kier alpha value is -1.63. The number of carbonyl (C=O) groups excluding carboxylic acids is 1. The van der Waals surface area contributed by atoms with E-state index in [2.05, 4.69) is 4.74 Å². The van der Waals surface area contributed by atoms with E-state index in [9.17, 15) is 27.5 Å². The molecule has 1 unspecified atom stereocenters. The third kappa shape index (κ3) is 3.19. The van der Waals surface area contributed by atoms with Gasteiger partial charge in [0, 0.05) is 6.42 Å². The van der Waals surface area contributed by atoms with E-state index in [0.717, 1.165) is 19.2 Å². The van der Waals surface area contributed by atoms with Crippen molar-refractivity contribution in [1.82, 2.24) is 0 Å². The van der Waals surface area contributed by atoms with E-state index in [1.807, 2.05) is 0 Å². The lowest BCUT2D eigenvalue weighted by molar-refractivity contribution is -0.150. The predicted octanol–water partition coefficient (Wildman–Crippen LogP) is 1.92. The molecule has 7 heteroatoms. The fourth-order valence-corrected chi connectivity index (χ4v) is 1.38. The summed E-state index contributed by atoms with van der Waals surface area (Å²) in [5.74, 6) is -2.53. The number of methoxy groups -OCH3 is 1. The van der Waals surface area contributed by atoms with Gasteiger partial charge in [0.2, 0.25) is 0 Å². The number of hydrogen-bond donors (Lipinski definition) is 1. The van der Waals surface area contributed by atoms with Crippen molar-refractivity contribution in [3.05, 3.63) is 35.1 Å². The average molecular weight is 266 g/mol. The first-order chi connectivity index (χ1) is 8.27. The average Bonchev–Trinajstić information content (AvgIpc) is 2.29. The van der Waals surface area contributed by atoms with Gasteiger partial charge in [-0.05, 0) is 11.6 Å². The van der Waals surface area contributed by atoms with Crippen molar-refractivity contribution < 1.29 is 32.2 Å². The maximum absolute atomic E-state index is 13.5. The molecule has 0 aliphatic rings. The van der Waals surface area contributed by atoms with Crippen LogP contribution in [0.2, 0.25) is 0 Å². The van der Waals surface area contributed by atoms with Crippen LogP contribution in [-0.2, 0) is 22.1 Å². The summed E-state index contributed by atoms with van der Waals surface area (Å²) in [6, 6.07) is 2.66. The van der Waals surface area contributed by atoms with Crippen molar-refractivity contribution in [2.45, 2.75) is 18.7 Å². The number of rotatable bonds is 3. The molecule has 0 spiro atoms. The molecule has 1 aromatic carbocycles. The number of hydrogen-bond acceptors (Lipinski definition) is 3. The highest BCUT2D eigenvalue weighted by atomic mass is 19.4. The number of ether oxygens (including phenoxy) is 1. The van der Waals surface area contributed by atoms with Gasteiger partial charge in [-0.15, -0.1) is 0 Å². The van der Waals surface area contributed by atoms with E-state index < -0.39 is 41.6 Å². The Kier molecular flexibility index (Phi) is 4.28. The van der Waals surface area contributed by atoms with Crippen LogP contribution in [0.4, 0.5) is 17.6 Å². The lowest BCUT2D eigenvalue weighted by atomic mass is 10.0. The summed E-state index contributed by atoms with van der Waals surface area (Å²) in [5, 5.41) is 9.27. The minimum absolute atomic E-state index is 0.400. The highest BCUT2D eigenvalue weighted by molar-refractivity contribution is 5.74. The van der Waals surface area contributed by atoms with E-state index in [1.165, 1.54) is 0 Å². The summed E-state index contributed by atoms with van der Waals surface area (Å²) in [6.45, 7) is 0. The maximum atomic E-state index is 13.5. The van der Waals surface area contributed by atoms with Gasteiger partial charge in [0.1, 0.15) is 5.82 Å². The molecule has 100 valence electrons. The van der Waals surface area contributed by atoms with Crippen LogP contribution in [-0.4, -0.2) is 24.3 Å². The number of alkyl halides is 3. The second-order valence-corrected chi connectivity index (χ2v) is 3.52. The minimum atomic E-state index is -4.82. The lowest BCUT2D eigenvalue weighted by Crippen LogP contribution is -2.25. The van der Waals surface area contributed by atoms with Crippen LogP contribution >= 0.6 is 0 Å². The van der Waals surface area contributed by atoms with Crippen LogP contribution in [0.25, 0.3) is 0 Å². The molecular formula is C11H10F4O3. The summed E-state index contributed by atoms with van der Waals surface area (Å²) in [6.07, 6.45) is -7.10. The van der Waals surface area contributed by atoms with Gasteiger partial charge in [0.15, 0.2) is 6.10 Å². The Morgan fingerprint density at radius 2 is 2.06 bits per heavy atom. The van der Waals surface area contributed by atoms with Gasteiger partial charge in [0.25, 0.3) is 0 Å². The number of esters is 1. The van der Waals surface area contributed by atoms with Crippen LogP contribution in [0.5, 0.6) is 0 Å². The highest BCUT2D eigenvalue weighted by Gasteiger charge is 2.35. The van der Waals surface area contributed by atoms with Crippen LogP contribution in [0, 0.1) is 5.82 Å². The zero-order valence-corrected chi connectivity index (χ0v) is 9.29. The molecule has 0 heterocycles. The second kappa shape index (κ2) is 5.34. The van der Waals surface area contributed by atoms with Crippen molar-refractivity contribution in [1.29, 1.82) is 0 Å². The standard InChI is InChI=1S/C11H10F4O3/c1-18-10(17)8(16)5-6-3-2-4-7(9(6)12)11(13,14)15/h2-4,8,16H,5H2,1H3. The first kappa shape index (κ1) is 14.4. The Bertz CT molecular complexity index is 442. The monoisotopic (exact) mass is 266 g/mol. The molecule has 0 aliphatic heterocycles. The fraction of sp³-hybridized carbons (Fsp3) is 0.364. The van der Waals surface area contributed by atoms with Gasteiger partial charge in [0.05, 0.1) is 12.7 Å². The van der Waals surface area contributed by atoms with Crippen LogP contribution in [0.15, 0.2) is 18.2 Å². The van der Waals surface area contributed by atoms with Crippen molar-refractivity contribution >= 4 is 5.97 Å². The summed E-state index contributed by atoms with van der Waals surface area (Å²) < 4.78 is 54.9. The van der Waals surface area contributed by atoms with Gasteiger partial charge in [-0.1, -0.05) is 12.1 Å². The molecule has 0 aromatic heterocycles. The van der Waals surface area contributed by atoms with E-state index in [1.54, 1.807) is 0 Å². The fourth-order valence-electron chi connectivity index (χ4n) is 1.38. The highest BCUT2D eigenvalue weighted by Crippen LogP contribution is 2.32. The SMILES string of the molecule is COC(=O)C(O)Cc1cccc(C(F)(F)F)c1F. The van der Waals surface area contributed by atoms with E-state index in [-0.39, 0.29) is 0 Å². The van der Waals surface area contributed by atoms with Gasteiger partial charge >= 0.3 is 12.1 Å². The number of aliphatic hydroxyl groups is 1. The van der Waals surface area contributed by atoms with E-state index >= 15 is 0 Å². The van der Waals surface area contributed by atoms with Crippen LogP contribution in [0.1, 0.15) is 11.1 Å². The molecule has 0 radical (unpaired) electrons. The molecule has 0 aliphatic carbocycles. The minimum Gasteiger partial charge on any atom is -0.467 e. The van der Waals surface area contributed by atoms with Crippen molar-refractivity contribution in [3.8, 4) is 0 Å². The number of benzene rings is 1. The molecule has 0 bridgehead atoms. The van der Waals surface area contributed by atoms with Gasteiger partial charge < -0.3 is 9.84 Å². The third-order valence-corrected chi connectivity index (χ3v) is 2.27. The summed E-state index contributed by atoms with van der Waals surface area (Å²) >= 11 is 0. The molecule has 1 atom stereocenters. The number of carbonyl (C=O) groups is 1. The van der Waals surface area contributed by atoms with Gasteiger partial charge in [-0.3, -0.25) is 0 Å². The summed E-state index contributed by atoms with van der Waals surface area (Å²) in [4.78, 5) is 10.9. The van der Waals surface area contributed by atoms with E-state index in [4.69, 9.17) is 0 Å². The molecule has 0 saturated carbocycles. The Morgan fingerprint density at radius 3 is 2.56 bits per heavy atom. The Labute approximate surface area is 100.0 Å². The summed E-state index contributed by atoms with van der Waals surface area (Å²) in [5.41, 5.74) is -1.83. The first-order valence-corrected chi connectivity index (χ1v) is 4.88. The zero-order valence-electron chi connectivity index (χ0n) is 9.29. The maximum Gasteiger partial charge on any atom is 0.419 e. The van der Waals surface area contributed by atoms with Crippen molar-refractivity contribution in [2.24, 2.45) is 0 Å². The molecule has 18 heavy (non-hydrogen) atoms. The molecule has 1 N–H and O–H groups in total. The lowest BCUT2D eigenvalue weighted by Gasteiger charge is -2.13. The van der Waals surface area contributed by atoms with Crippen LogP contribution < -0.4 is 0 Å². The Morgan fingerprint density at radius 1 is 1.44 bits per heavy atom. The topological polar surface area (TPSA) is 46.5 Å². The molecular weight excluding hydrogens is 256 g/mol. The largest absolute Gasteiger partial charge is 0.467 e. The molecule has 1 aromatic rings. The number of aliphatic hydroxyl groups excluding tert-OH is 1. The first-order valence-electron chi connectivity index (χ1n) is 4.88. The summed E-state index contributed by atoms with van der Waals surface area (Å²) in [7, 11) is 1.01. The normalized spacial score (nSPS) is 13.2. The smallest absolute Gasteiger partial charge is 0.419 e. The molecule has 3 nitrogen and oxygen atoms in total. The van der Waals surface area contributed by atoms with Gasteiger partial charge in [-0.25, -0.2) is 9.18 Å². The molecule has 1 rings (SSSR count). The molecule has 0 amide bonds. The van der Waals surface area contributed by atoms with Crippen molar-refractivity contribution in [2.75, 3.05) is 7.11 Å². The number of halogens is 4. The van der Waals surface area contributed by atoms with Crippen molar-refractivity contribution in [3.63, 3.8) is 0 Å². The third-order valence-electron chi connectivity index (χ3n) is 2.27. The second-order valence-electron chi connectivity index (χ2n) is 3.52. The molecule has 0 saturated heterocycles. The van der Waals surface area contributed by atoms with Crippen LogP contribution in [0.3, 0.4) is 0 Å². The quantitative estimate of drug-likeness (QED) is 0.671. The van der Waals surface area contributed by atoms with E-state index in [0.29, 0.717) is 6.07 Å².